The van der Waals surface area contributed by atoms with Gasteiger partial charge in [0, 0.05) is 24.4 Å². The van der Waals surface area contributed by atoms with Gasteiger partial charge in [0.05, 0.1) is 6.10 Å². The molecule has 2 N–H and O–H groups in total. The Morgan fingerprint density at radius 2 is 2.30 bits per heavy atom. The molecule has 1 aliphatic heterocycles. The Bertz CT molecular complexity index is 490. The largest absolute Gasteiger partial charge is 0.376 e. The van der Waals surface area contributed by atoms with Gasteiger partial charge < -0.3 is 10.1 Å². The molecule has 1 atom stereocenters. The molecule has 2 heterocycles. The van der Waals surface area contributed by atoms with Crippen LogP contribution in [0.5, 0.6) is 0 Å². The molecule has 1 aromatic rings. The van der Waals surface area contributed by atoms with Crippen LogP contribution in [0.4, 0.5) is 5.95 Å². The molecule has 0 aliphatic carbocycles. The van der Waals surface area contributed by atoms with E-state index in [9.17, 15) is 4.79 Å². The number of ether oxygens (including phenoxy) is 1. The van der Waals surface area contributed by atoms with Crippen LogP contribution >= 0.6 is 0 Å². The Hall–Kier alpha value is -1.36. The molecule has 0 saturated carbocycles. The number of nitrogens with zero attached hydrogens (tertiary/aromatic N) is 1. The molecule has 0 bridgehead atoms. The van der Waals surface area contributed by atoms with Crippen LogP contribution in [0.3, 0.4) is 0 Å². The number of hydrogen-bond acceptors (Lipinski definition) is 4. The van der Waals surface area contributed by atoms with Gasteiger partial charge in [0.1, 0.15) is 0 Å². The molecule has 5 heteroatoms. The molecule has 0 radical (unpaired) electrons. The van der Waals surface area contributed by atoms with Crippen molar-refractivity contribution in [3.63, 3.8) is 0 Å². The lowest BCUT2D eigenvalue weighted by Crippen LogP contribution is -2.24. The summed E-state index contributed by atoms with van der Waals surface area (Å²) in [5.41, 5.74) is 1.61. The summed E-state index contributed by atoms with van der Waals surface area (Å²) >= 11 is 0. The molecule has 5 nitrogen and oxygen atoms in total. The fourth-order valence-electron chi connectivity index (χ4n) is 2.44. The zero-order chi connectivity index (χ0) is 14.5. The molecule has 2 rings (SSSR count). The molecule has 20 heavy (non-hydrogen) atoms. The van der Waals surface area contributed by atoms with E-state index in [1.54, 1.807) is 0 Å². The standard InChI is InChI=1S/C15H25N3O2/c1-10(2)6-7-13-11(3)17-15(18-14(13)19)16-9-12-5-4-8-20-12/h10,12H,4-9H2,1-3H3,(H2,16,17,18,19)/t12-/m1/s1. The highest BCUT2D eigenvalue weighted by atomic mass is 16.5. The van der Waals surface area contributed by atoms with Gasteiger partial charge >= 0.3 is 0 Å². The molecule has 0 amide bonds. The van der Waals surface area contributed by atoms with Crippen LogP contribution in [0.25, 0.3) is 0 Å². The number of hydrogen-bond donors (Lipinski definition) is 2. The van der Waals surface area contributed by atoms with Crippen molar-refractivity contribution < 1.29 is 4.74 Å². The van der Waals surface area contributed by atoms with Gasteiger partial charge in [-0.1, -0.05) is 13.8 Å². The summed E-state index contributed by atoms with van der Waals surface area (Å²) in [4.78, 5) is 19.4. The van der Waals surface area contributed by atoms with Crippen LogP contribution in [-0.4, -0.2) is 29.2 Å². The van der Waals surface area contributed by atoms with Crippen molar-refractivity contribution in [3.8, 4) is 0 Å². The molecular weight excluding hydrogens is 254 g/mol. The van der Waals surface area contributed by atoms with E-state index in [-0.39, 0.29) is 11.7 Å². The number of H-pyrrole nitrogens is 1. The number of rotatable bonds is 6. The van der Waals surface area contributed by atoms with Crippen LogP contribution in [0.2, 0.25) is 0 Å². The fraction of sp³-hybridized carbons (Fsp3) is 0.733. The van der Waals surface area contributed by atoms with Crippen LogP contribution in [0.1, 0.15) is 44.4 Å². The van der Waals surface area contributed by atoms with E-state index >= 15 is 0 Å². The highest BCUT2D eigenvalue weighted by molar-refractivity contribution is 5.29. The Morgan fingerprint density at radius 3 is 2.90 bits per heavy atom. The molecule has 0 spiro atoms. The topological polar surface area (TPSA) is 67.0 Å². The van der Waals surface area contributed by atoms with Crippen molar-refractivity contribution in [2.24, 2.45) is 5.92 Å². The Kier molecular flexibility index (Phi) is 5.17. The lowest BCUT2D eigenvalue weighted by Gasteiger charge is -2.12. The van der Waals surface area contributed by atoms with E-state index in [1.165, 1.54) is 0 Å². The van der Waals surface area contributed by atoms with Crippen LogP contribution in [-0.2, 0) is 11.2 Å². The predicted octanol–water partition coefficient (Wildman–Crippen LogP) is 2.26. The second kappa shape index (κ2) is 6.88. The van der Waals surface area contributed by atoms with Gasteiger partial charge in [0.2, 0.25) is 5.95 Å². The third-order valence-electron chi connectivity index (χ3n) is 3.72. The molecule has 112 valence electrons. The summed E-state index contributed by atoms with van der Waals surface area (Å²) in [7, 11) is 0. The molecule has 0 unspecified atom stereocenters. The van der Waals surface area contributed by atoms with Crippen molar-refractivity contribution in [2.45, 2.75) is 52.6 Å². The van der Waals surface area contributed by atoms with Gasteiger partial charge in [-0.05, 0) is 38.5 Å². The first-order chi connectivity index (χ1) is 9.56. The lowest BCUT2D eigenvalue weighted by molar-refractivity contribution is 0.120. The smallest absolute Gasteiger partial charge is 0.255 e. The number of nitrogens with one attached hydrogen (secondary N) is 2. The predicted molar refractivity (Wildman–Crippen MR) is 80.2 cm³/mol. The van der Waals surface area contributed by atoms with E-state index in [0.717, 1.165) is 43.5 Å². The van der Waals surface area contributed by atoms with E-state index in [1.807, 2.05) is 6.92 Å². The Morgan fingerprint density at radius 1 is 1.50 bits per heavy atom. The minimum Gasteiger partial charge on any atom is -0.376 e. The summed E-state index contributed by atoms with van der Waals surface area (Å²) in [6.45, 7) is 7.77. The van der Waals surface area contributed by atoms with Gasteiger partial charge in [-0.3, -0.25) is 9.78 Å². The summed E-state index contributed by atoms with van der Waals surface area (Å²) in [5, 5.41) is 3.17. The molecule has 1 aliphatic rings. The monoisotopic (exact) mass is 279 g/mol. The second-order valence-corrected chi connectivity index (χ2v) is 5.93. The van der Waals surface area contributed by atoms with Gasteiger partial charge in [0.15, 0.2) is 0 Å². The number of aryl methyl sites for hydroxylation is 1. The maximum atomic E-state index is 12.1. The molecular formula is C15H25N3O2. The quantitative estimate of drug-likeness (QED) is 0.838. The first kappa shape index (κ1) is 15.0. The molecule has 1 aromatic heterocycles. The summed E-state index contributed by atoms with van der Waals surface area (Å²) in [6.07, 6.45) is 4.22. The zero-order valence-corrected chi connectivity index (χ0v) is 12.7. The van der Waals surface area contributed by atoms with Crippen molar-refractivity contribution in [1.29, 1.82) is 0 Å². The third-order valence-corrected chi connectivity index (χ3v) is 3.72. The van der Waals surface area contributed by atoms with E-state index in [4.69, 9.17) is 4.74 Å². The zero-order valence-electron chi connectivity index (χ0n) is 12.7. The van der Waals surface area contributed by atoms with Crippen molar-refractivity contribution in [2.75, 3.05) is 18.5 Å². The third kappa shape index (κ3) is 4.07. The molecule has 1 saturated heterocycles. The average molecular weight is 279 g/mol. The van der Waals surface area contributed by atoms with Gasteiger partial charge in [0.25, 0.3) is 5.56 Å². The molecule has 1 fully saturated rings. The minimum atomic E-state index is -0.0204. The lowest BCUT2D eigenvalue weighted by atomic mass is 10.0. The van der Waals surface area contributed by atoms with E-state index in [0.29, 0.717) is 18.4 Å². The van der Waals surface area contributed by atoms with Crippen LogP contribution in [0, 0.1) is 12.8 Å². The summed E-state index contributed by atoms with van der Waals surface area (Å²) < 4.78 is 5.54. The van der Waals surface area contributed by atoms with Crippen molar-refractivity contribution >= 4 is 5.95 Å². The first-order valence-electron chi connectivity index (χ1n) is 7.51. The van der Waals surface area contributed by atoms with Gasteiger partial charge in [-0.2, -0.15) is 0 Å². The molecule has 0 aromatic carbocycles. The second-order valence-electron chi connectivity index (χ2n) is 5.93. The van der Waals surface area contributed by atoms with Gasteiger partial charge in [-0.15, -0.1) is 0 Å². The van der Waals surface area contributed by atoms with Crippen LogP contribution < -0.4 is 10.9 Å². The minimum absolute atomic E-state index is 0.0204. The SMILES string of the molecule is Cc1nc(NC[C@H]2CCCO2)[nH]c(=O)c1CCC(C)C. The maximum absolute atomic E-state index is 12.1. The summed E-state index contributed by atoms with van der Waals surface area (Å²) in [6, 6.07) is 0. The highest BCUT2D eigenvalue weighted by Gasteiger charge is 2.16. The average Bonchev–Trinajstić information content (AvgIpc) is 2.88. The maximum Gasteiger partial charge on any atom is 0.255 e. The number of anilines is 1. The summed E-state index contributed by atoms with van der Waals surface area (Å²) in [5.74, 6) is 1.14. The normalized spacial score (nSPS) is 18.7. The van der Waals surface area contributed by atoms with E-state index < -0.39 is 0 Å². The van der Waals surface area contributed by atoms with E-state index in [2.05, 4.69) is 29.1 Å². The van der Waals surface area contributed by atoms with Crippen LogP contribution in [0.15, 0.2) is 4.79 Å². The van der Waals surface area contributed by atoms with Gasteiger partial charge in [-0.25, -0.2) is 4.98 Å². The number of aromatic nitrogens is 2. The number of aromatic amines is 1. The first-order valence-corrected chi connectivity index (χ1v) is 7.51. The van der Waals surface area contributed by atoms with Crippen molar-refractivity contribution in [1.82, 2.24) is 9.97 Å². The highest BCUT2D eigenvalue weighted by Crippen LogP contribution is 2.13. The van der Waals surface area contributed by atoms with Crippen molar-refractivity contribution in [3.05, 3.63) is 21.6 Å². The Labute approximate surface area is 120 Å². The fourth-order valence-corrected chi connectivity index (χ4v) is 2.44. The Balaban J connectivity index is 1.99.